The van der Waals surface area contributed by atoms with Gasteiger partial charge in [0.05, 0.1) is 11.0 Å². The first-order valence-corrected chi connectivity index (χ1v) is 21.4. The van der Waals surface area contributed by atoms with Gasteiger partial charge in [0.25, 0.3) is 0 Å². The third kappa shape index (κ3) is 6.38. The second-order valence-corrected chi connectivity index (χ2v) is 16.6. The molecular formula is C59H45N3. The molecule has 0 aliphatic heterocycles. The molecule has 62 heavy (non-hydrogen) atoms. The lowest BCUT2D eigenvalue weighted by Gasteiger charge is -2.26. The number of para-hydroxylation sites is 4. The standard InChI is InChI=1S/C59H45N3/c1-59(2)55-26-16-15-25-51(55)52-38-39-53-54-41-43(28-27-42-29-32-48(33-30-42)60(44-17-7-3-8-18-44)45-19-9-4-10-20-45)31-40-56(54)62(58(53)57(52)59)50-36-34-49(35-37-50)61(46-21-11-5-12-22-46)47-23-13-6-14-24-47/h3-41H,1-2H3/b28-27+. The summed E-state index contributed by atoms with van der Waals surface area (Å²) in [5.74, 6) is 0. The number of anilines is 6. The molecule has 0 saturated heterocycles. The molecule has 1 aliphatic rings. The van der Waals surface area contributed by atoms with Crippen LogP contribution in [0.1, 0.15) is 36.1 Å². The van der Waals surface area contributed by atoms with Crippen LogP contribution in [0.3, 0.4) is 0 Å². The van der Waals surface area contributed by atoms with Crippen LogP contribution in [-0.2, 0) is 5.41 Å². The van der Waals surface area contributed by atoms with Crippen molar-refractivity contribution in [1.29, 1.82) is 0 Å². The zero-order valence-corrected chi connectivity index (χ0v) is 34.9. The lowest BCUT2D eigenvalue weighted by molar-refractivity contribution is 0.664. The summed E-state index contributed by atoms with van der Waals surface area (Å²) in [5, 5.41) is 2.51. The Hall–Kier alpha value is -7.88. The van der Waals surface area contributed by atoms with Crippen molar-refractivity contribution in [3.8, 4) is 16.8 Å². The van der Waals surface area contributed by atoms with E-state index in [1.54, 1.807) is 0 Å². The molecule has 10 aromatic rings. The molecule has 0 saturated carbocycles. The minimum absolute atomic E-state index is 0.180. The van der Waals surface area contributed by atoms with Crippen LogP contribution in [0, 0.1) is 0 Å². The van der Waals surface area contributed by atoms with E-state index in [0.29, 0.717) is 0 Å². The third-order valence-electron chi connectivity index (χ3n) is 12.5. The molecule has 1 aromatic heterocycles. The maximum absolute atomic E-state index is 2.51. The van der Waals surface area contributed by atoms with Crippen molar-refractivity contribution in [1.82, 2.24) is 4.57 Å². The Morgan fingerprint density at radius 2 is 0.839 bits per heavy atom. The van der Waals surface area contributed by atoms with E-state index in [9.17, 15) is 0 Å². The van der Waals surface area contributed by atoms with Crippen LogP contribution in [0.2, 0.25) is 0 Å². The fraction of sp³-hybridized carbons (Fsp3) is 0.0508. The van der Waals surface area contributed by atoms with Gasteiger partial charge in [-0.2, -0.15) is 0 Å². The third-order valence-corrected chi connectivity index (χ3v) is 12.5. The molecule has 3 heteroatoms. The van der Waals surface area contributed by atoms with Crippen molar-refractivity contribution in [2.24, 2.45) is 0 Å². The number of hydrogen-bond acceptors (Lipinski definition) is 2. The van der Waals surface area contributed by atoms with E-state index >= 15 is 0 Å². The number of nitrogens with zero attached hydrogens (tertiary/aromatic N) is 3. The van der Waals surface area contributed by atoms with E-state index in [2.05, 4.69) is 265 Å². The highest BCUT2D eigenvalue weighted by atomic mass is 15.1. The van der Waals surface area contributed by atoms with Crippen molar-refractivity contribution >= 4 is 68.1 Å². The maximum Gasteiger partial charge on any atom is 0.0588 e. The molecule has 0 fully saturated rings. The SMILES string of the molecule is CC1(C)c2ccccc2-c2ccc3c4cc(/C=C/c5ccc(N(c6ccccc6)c6ccccc6)cc5)ccc4n(-c4ccc(N(c5ccccc5)c5ccccc5)cc4)c3c21. The number of hydrogen-bond donors (Lipinski definition) is 0. The van der Waals surface area contributed by atoms with Crippen LogP contribution < -0.4 is 9.80 Å². The highest BCUT2D eigenvalue weighted by Crippen LogP contribution is 2.53. The Balaban J connectivity index is 1.01. The monoisotopic (exact) mass is 795 g/mol. The van der Waals surface area contributed by atoms with Crippen molar-refractivity contribution in [2.75, 3.05) is 9.80 Å². The van der Waals surface area contributed by atoms with Crippen LogP contribution in [0.5, 0.6) is 0 Å². The Bertz CT molecular complexity index is 3140. The predicted molar refractivity (Wildman–Crippen MR) is 263 cm³/mol. The van der Waals surface area contributed by atoms with Gasteiger partial charge < -0.3 is 14.4 Å². The molecule has 11 rings (SSSR count). The first-order chi connectivity index (χ1) is 30.5. The van der Waals surface area contributed by atoms with Gasteiger partial charge in [0.2, 0.25) is 0 Å². The van der Waals surface area contributed by atoms with E-state index in [1.807, 2.05) is 0 Å². The number of benzene rings is 9. The van der Waals surface area contributed by atoms with Gasteiger partial charge in [0, 0.05) is 56.0 Å². The van der Waals surface area contributed by atoms with Crippen LogP contribution >= 0.6 is 0 Å². The van der Waals surface area contributed by atoms with E-state index < -0.39 is 0 Å². The van der Waals surface area contributed by atoms with Gasteiger partial charge in [-0.15, -0.1) is 0 Å². The van der Waals surface area contributed by atoms with Gasteiger partial charge in [-0.3, -0.25) is 0 Å². The summed E-state index contributed by atoms with van der Waals surface area (Å²) < 4.78 is 2.51. The molecule has 3 nitrogen and oxygen atoms in total. The quantitative estimate of drug-likeness (QED) is 0.135. The summed E-state index contributed by atoms with van der Waals surface area (Å²) in [5.41, 5.74) is 17.9. The smallest absolute Gasteiger partial charge is 0.0588 e. The minimum atomic E-state index is -0.180. The van der Waals surface area contributed by atoms with Crippen molar-refractivity contribution in [3.05, 3.63) is 247 Å². The molecule has 0 amide bonds. The molecule has 296 valence electrons. The molecule has 0 radical (unpaired) electrons. The molecule has 0 spiro atoms. The van der Waals surface area contributed by atoms with Crippen molar-refractivity contribution in [2.45, 2.75) is 19.3 Å². The van der Waals surface area contributed by atoms with Gasteiger partial charge in [-0.05, 0) is 130 Å². The maximum atomic E-state index is 2.51. The predicted octanol–water partition coefficient (Wildman–Crippen LogP) is 16.2. The largest absolute Gasteiger partial charge is 0.311 e. The highest BCUT2D eigenvalue weighted by Gasteiger charge is 2.38. The summed E-state index contributed by atoms with van der Waals surface area (Å²) in [6, 6.07) is 80.8. The fourth-order valence-electron chi connectivity index (χ4n) is 9.63. The summed E-state index contributed by atoms with van der Waals surface area (Å²) in [6.07, 6.45) is 4.47. The van der Waals surface area contributed by atoms with E-state index in [1.165, 1.54) is 44.1 Å². The summed E-state index contributed by atoms with van der Waals surface area (Å²) in [7, 11) is 0. The van der Waals surface area contributed by atoms with Gasteiger partial charge in [0.15, 0.2) is 0 Å². The zero-order valence-electron chi connectivity index (χ0n) is 34.9. The van der Waals surface area contributed by atoms with Crippen LogP contribution in [-0.4, -0.2) is 4.57 Å². The van der Waals surface area contributed by atoms with Gasteiger partial charge >= 0.3 is 0 Å². The lowest BCUT2D eigenvalue weighted by atomic mass is 9.81. The highest BCUT2D eigenvalue weighted by molar-refractivity contribution is 6.13. The molecule has 0 atom stereocenters. The van der Waals surface area contributed by atoms with Gasteiger partial charge in [-0.25, -0.2) is 0 Å². The second-order valence-electron chi connectivity index (χ2n) is 16.6. The summed E-state index contributed by atoms with van der Waals surface area (Å²) >= 11 is 0. The number of fused-ring (bicyclic) bond motifs is 7. The minimum Gasteiger partial charge on any atom is -0.311 e. The van der Waals surface area contributed by atoms with Gasteiger partial charge in [-0.1, -0.05) is 153 Å². The van der Waals surface area contributed by atoms with Crippen molar-refractivity contribution in [3.63, 3.8) is 0 Å². The number of aromatic nitrogens is 1. The molecule has 0 N–H and O–H groups in total. The van der Waals surface area contributed by atoms with E-state index in [0.717, 1.165) is 50.9 Å². The van der Waals surface area contributed by atoms with E-state index in [-0.39, 0.29) is 5.41 Å². The normalized spacial score (nSPS) is 12.7. The topological polar surface area (TPSA) is 11.4 Å². The molecule has 0 bridgehead atoms. The summed E-state index contributed by atoms with van der Waals surface area (Å²) in [6.45, 7) is 4.77. The molecular weight excluding hydrogens is 751 g/mol. The molecule has 0 unspecified atom stereocenters. The number of rotatable bonds is 9. The van der Waals surface area contributed by atoms with Crippen LogP contribution in [0.15, 0.2) is 224 Å². The van der Waals surface area contributed by atoms with Crippen LogP contribution in [0.25, 0.3) is 50.8 Å². The fourth-order valence-corrected chi connectivity index (χ4v) is 9.63. The second kappa shape index (κ2) is 15.3. The first-order valence-electron chi connectivity index (χ1n) is 21.4. The lowest BCUT2D eigenvalue weighted by Crippen LogP contribution is -2.16. The molecule has 1 aliphatic carbocycles. The van der Waals surface area contributed by atoms with Gasteiger partial charge in [0.1, 0.15) is 0 Å². The first kappa shape index (κ1) is 37.1. The Morgan fingerprint density at radius 3 is 1.39 bits per heavy atom. The molecule has 9 aromatic carbocycles. The average Bonchev–Trinajstić information content (AvgIpc) is 3.78. The Kier molecular flexibility index (Phi) is 9.17. The van der Waals surface area contributed by atoms with E-state index in [4.69, 9.17) is 0 Å². The Labute approximate surface area is 363 Å². The Morgan fingerprint density at radius 1 is 0.387 bits per heavy atom. The average molecular weight is 796 g/mol. The van der Waals surface area contributed by atoms with Crippen molar-refractivity contribution < 1.29 is 0 Å². The summed E-state index contributed by atoms with van der Waals surface area (Å²) in [4.78, 5) is 4.62. The zero-order chi connectivity index (χ0) is 41.6. The molecule has 1 heterocycles. The van der Waals surface area contributed by atoms with Crippen LogP contribution in [0.4, 0.5) is 34.1 Å².